The van der Waals surface area contributed by atoms with Gasteiger partial charge in [0.1, 0.15) is 11.4 Å². The van der Waals surface area contributed by atoms with Crippen LogP contribution in [-0.2, 0) is 16.1 Å². The zero-order chi connectivity index (χ0) is 16.8. The molecule has 4 nitrogen and oxygen atoms in total. The van der Waals surface area contributed by atoms with E-state index in [0.717, 1.165) is 25.0 Å². The molecule has 0 aromatic heterocycles. The number of nitrogens with two attached hydrogens (primary N) is 1. The Labute approximate surface area is 148 Å². The minimum atomic E-state index is -0.929. The summed E-state index contributed by atoms with van der Waals surface area (Å²) < 4.78 is 19.4. The number of nitrogens with one attached hydrogen (secondary N) is 1. The lowest BCUT2D eigenvalue weighted by molar-refractivity contribution is -0.225. The highest BCUT2D eigenvalue weighted by Gasteiger charge is 2.70. The zero-order valence-electron chi connectivity index (χ0n) is 14.4. The van der Waals surface area contributed by atoms with Crippen LogP contribution in [0, 0.1) is 24.1 Å². The Morgan fingerprint density at radius 2 is 2.17 bits per heavy atom. The smallest absolute Gasteiger partial charge is 0.241 e. The van der Waals surface area contributed by atoms with Gasteiger partial charge in [0.25, 0.3) is 0 Å². The van der Waals surface area contributed by atoms with Crippen LogP contribution < -0.4 is 11.1 Å². The number of fused-ring (bicyclic) bond motifs is 1. The molecule has 3 rings (SSSR count). The monoisotopic (exact) mass is 356 g/mol. The van der Waals surface area contributed by atoms with Crippen LogP contribution in [0.3, 0.4) is 0 Å². The summed E-state index contributed by atoms with van der Waals surface area (Å²) >= 11 is 0. The molecule has 1 heterocycles. The van der Waals surface area contributed by atoms with E-state index in [0.29, 0.717) is 5.56 Å². The number of halogens is 2. The van der Waals surface area contributed by atoms with Crippen LogP contribution in [0.4, 0.5) is 4.39 Å². The molecule has 1 aromatic rings. The fourth-order valence-corrected chi connectivity index (χ4v) is 4.11. The fraction of sp³-hybridized carbons (Fsp3) is 0.611. The van der Waals surface area contributed by atoms with Gasteiger partial charge < -0.3 is 15.8 Å². The van der Waals surface area contributed by atoms with Crippen LogP contribution in [0.2, 0.25) is 0 Å². The van der Waals surface area contributed by atoms with Gasteiger partial charge in [-0.1, -0.05) is 26.0 Å². The summed E-state index contributed by atoms with van der Waals surface area (Å²) in [5, 5.41) is 2.89. The third kappa shape index (κ3) is 2.72. The van der Waals surface area contributed by atoms with Crippen molar-refractivity contribution in [3.63, 3.8) is 0 Å². The Hall–Kier alpha value is -1.17. The molecule has 1 saturated heterocycles. The summed E-state index contributed by atoms with van der Waals surface area (Å²) in [5.41, 5.74) is 6.53. The Morgan fingerprint density at radius 3 is 2.83 bits per heavy atom. The van der Waals surface area contributed by atoms with Crippen molar-refractivity contribution in [2.45, 2.75) is 51.8 Å². The summed E-state index contributed by atoms with van der Waals surface area (Å²) in [5.74, 6) is -0.375. The van der Waals surface area contributed by atoms with Crippen molar-refractivity contribution in [1.29, 1.82) is 0 Å². The van der Waals surface area contributed by atoms with Crippen molar-refractivity contribution in [2.24, 2.45) is 17.1 Å². The molecule has 134 valence electrons. The van der Waals surface area contributed by atoms with E-state index in [-0.39, 0.29) is 42.7 Å². The number of aryl methyl sites for hydroxylation is 1. The van der Waals surface area contributed by atoms with E-state index in [2.05, 4.69) is 5.32 Å². The topological polar surface area (TPSA) is 64.4 Å². The van der Waals surface area contributed by atoms with Crippen molar-refractivity contribution >= 4 is 18.3 Å². The van der Waals surface area contributed by atoms with Gasteiger partial charge in [-0.25, -0.2) is 4.39 Å². The van der Waals surface area contributed by atoms with Crippen LogP contribution in [0.25, 0.3) is 0 Å². The summed E-state index contributed by atoms with van der Waals surface area (Å²) in [6, 6.07) is 4.99. The van der Waals surface area contributed by atoms with E-state index >= 15 is 0 Å². The van der Waals surface area contributed by atoms with Crippen molar-refractivity contribution in [1.82, 2.24) is 5.32 Å². The summed E-state index contributed by atoms with van der Waals surface area (Å²) in [6.45, 7) is 6.72. The maximum atomic E-state index is 13.6. The quantitative estimate of drug-likeness (QED) is 0.875. The third-order valence-electron chi connectivity index (χ3n) is 5.75. The van der Waals surface area contributed by atoms with E-state index in [9.17, 15) is 9.18 Å². The Kier molecular flexibility index (Phi) is 5.28. The Balaban J connectivity index is 0.00000208. The summed E-state index contributed by atoms with van der Waals surface area (Å²) in [4.78, 5) is 12.8. The van der Waals surface area contributed by atoms with Gasteiger partial charge in [0, 0.05) is 24.5 Å². The van der Waals surface area contributed by atoms with Gasteiger partial charge in [0.05, 0.1) is 6.10 Å². The maximum Gasteiger partial charge on any atom is 0.241 e. The number of carbonyl (C=O) groups excluding carboxylic acids is 1. The molecular weight excluding hydrogens is 331 g/mol. The maximum absolute atomic E-state index is 13.6. The highest BCUT2D eigenvalue weighted by atomic mass is 35.5. The minimum absolute atomic E-state index is 0. The van der Waals surface area contributed by atoms with Gasteiger partial charge in [0.2, 0.25) is 5.91 Å². The molecule has 1 aromatic carbocycles. The van der Waals surface area contributed by atoms with Crippen molar-refractivity contribution < 1.29 is 13.9 Å². The van der Waals surface area contributed by atoms with Gasteiger partial charge in [-0.05, 0) is 37.0 Å². The molecule has 1 amide bonds. The second-order valence-corrected chi connectivity index (χ2v) is 7.40. The average molecular weight is 357 g/mol. The summed E-state index contributed by atoms with van der Waals surface area (Å²) in [7, 11) is 0. The van der Waals surface area contributed by atoms with Crippen molar-refractivity contribution in [3.05, 3.63) is 35.1 Å². The molecule has 0 bridgehead atoms. The van der Waals surface area contributed by atoms with E-state index in [4.69, 9.17) is 10.5 Å². The second kappa shape index (κ2) is 6.62. The Bertz CT molecular complexity index is 637. The number of hydrogen-bond donors (Lipinski definition) is 2. The molecule has 1 aliphatic carbocycles. The van der Waals surface area contributed by atoms with Crippen molar-refractivity contribution in [3.8, 4) is 0 Å². The van der Waals surface area contributed by atoms with Gasteiger partial charge in [-0.3, -0.25) is 4.79 Å². The van der Waals surface area contributed by atoms with Crippen LogP contribution >= 0.6 is 12.4 Å². The molecule has 0 spiro atoms. The molecule has 24 heavy (non-hydrogen) atoms. The molecule has 1 aliphatic heterocycles. The zero-order valence-corrected chi connectivity index (χ0v) is 15.2. The third-order valence-corrected chi connectivity index (χ3v) is 5.75. The number of amides is 1. The van der Waals surface area contributed by atoms with Gasteiger partial charge in [-0.15, -0.1) is 12.4 Å². The molecule has 3 N–H and O–H groups in total. The van der Waals surface area contributed by atoms with E-state index in [1.807, 2.05) is 19.9 Å². The first-order chi connectivity index (χ1) is 10.8. The van der Waals surface area contributed by atoms with Crippen LogP contribution in [0.1, 0.15) is 37.8 Å². The first kappa shape index (κ1) is 19.2. The first-order valence-corrected chi connectivity index (χ1v) is 8.22. The molecule has 0 radical (unpaired) electrons. The molecule has 3 atom stereocenters. The predicted octanol–water partition coefficient (Wildman–Crippen LogP) is 2.70. The normalized spacial score (nSPS) is 30.5. The lowest BCUT2D eigenvalue weighted by Crippen LogP contribution is -2.82. The number of hydrogen-bond acceptors (Lipinski definition) is 3. The molecule has 2 aliphatic rings. The van der Waals surface area contributed by atoms with E-state index in [1.165, 1.54) is 6.07 Å². The van der Waals surface area contributed by atoms with E-state index < -0.39 is 11.0 Å². The standard InChI is InChI=1S/C18H25FN2O2.ClH/c1-11-6-7-12(9-14(11)19)10-21-16(22)18(20)13-5-4-8-23-15(13)17(18,2)3;/h6-7,9,13,15H,4-5,8,10,20H2,1-3H3,(H,21,22);1H. The van der Waals surface area contributed by atoms with Gasteiger partial charge in [-0.2, -0.15) is 0 Å². The lowest BCUT2D eigenvalue weighted by Gasteiger charge is -2.65. The van der Waals surface area contributed by atoms with Crippen LogP contribution in [0.5, 0.6) is 0 Å². The van der Waals surface area contributed by atoms with Crippen LogP contribution in [0.15, 0.2) is 18.2 Å². The minimum Gasteiger partial charge on any atom is -0.377 e. The van der Waals surface area contributed by atoms with E-state index in [1.54, 1.807) is 13.0 Å². The largest absolute Gasteiger partial charge is 0.377 e. The number of rotatable bonds is 3. The molecule has 1 saturated carbocycles. The second-order valence-electron chi connectivity index (χ2n) is 7.40. The predicted molar refractivity (Wildman–Crippen MR) is 93.4 cm³/mol. The number of carbonyl (C=O) groups is 1. The average Bonchev–Trinajstić information content (AvgIpc) is 2.54. The summed E-state index contributed by atoms with van der Waals surface area (Å²) in [6.07, 6.45) is 1.90. The Morgan fingerprint density at radius 1 is 1.46 bits per heavy atom. The highest BCUT2D eigenvalue weighted by molar-refractivity contribution is 5.89. The highest BCUT2D eigenvalue weighted by Crippen LogP contribution is 2.57. The number of ether oxygens (including phenoxy) is 1. The number of benzene rings is 1. The lowest BCUT2D eigenvalue weighted by atomic mass is 9.46. The molecule has 2 fully saturated rings. The van der Waals surface area contributed by atoms with Crippen molar-refractivity contribution in [2.75, 3.05) is 6.61 Å². The fourth-order valence-electron chi connectivity index (χ4n) is 4.11. The SMILES string of the molecule is Cc1ccc(CNC(=O)C2(N)C3CCCOC3C2(C)C)cc1F.Cl. The molecular formula is C18H26ClFN2O2. The first-order valence-electron chi connectivity index (χ1n) is 8.22. The van der Waals surface area contributed by atoms with Crippen LogP contribution in [-0.4, -0.2) is 24.2 Å². The van der Waals surface area contributed by atoms with Gasteiger partial charge >= 0.3 is 0 Å². The van der Waals surface area contributed by atoms with Gasteiger partial charge in [0.15, 0.2) is 0 Å². The molecule has 3 unspecified atom stereocenters. The molecule has 6 heteroatoms.